The second-order valence-electron chi connectivity index (χ2n) is 7.14. The summed E-state index contributed by atoms with van der Waals surface area (Å²) in [6.07, 6.45) is 0.346. The monoisotopic (exact) mass is 347 g/mol. The summed E-state index contributed by atoms with van der Waals surface area (Å²) in [6, 6.07) is 14.6. The summed E-state index contributed by atoms with van der Waals surface area (Å²) in [5.41, 5.74) is 2.51. The normalized spacial score (nSPS) is 29.0. The van der Waals surface area contributed by atoms with Crippen LogP contribution >= 0.6 is 0 Å². The SMILES string of the molecule is COc1ccc(N2C(=O)[C@@H]3[C@H](C2=O)[C@@H]2CC(=O)[C@@H]3c3ccccc32)cc1. The zero-order valence-electron chi connectivity index (χ0n) is 14.2. The quantitative estimate of drug-likeness (QED) is 0.784. The molecule has 130 valence electrons. The number of hydrogen-bond donors (Lipinski definition) is 0. The van der Waals surface area contributed by atoms with Crippen LogP contribution < -0.4 is 9.64 Å². The number of imide groups is 1. The second kappa shape index (κ2) is 5.27. The number of methoxy groups -OCH3 is 1. The fourth-order valence-electron chi connectivity index (χ4n) is 4.95. The van der Waals surface area contributed by atoms with E-state index in [1.807, 2.05) is 24.3 Å². The van der Waals surface area contributed by atoms with Crippen molar-refractivity contribution in [1.82, 2.24) is 0 Å². The topological polar surface area (TPSA) is 63.7 Å². The molecular formula is C21H17NO4. The third kappa shape index (κ3) is 1.83. The van der Waals surface area contributed by atoms with Crippen LogP contribution in [0.5, 0.6) is 5.75 Å². The Bertz CT molecular complexity index is 949. The van der Waals surface area contributed by atoms with Crippen molar-refractivity contribution in [2.75, 3.05) is 12.0 Å². The van der Waals surface area contributed by atoms with Gasteiger partial charge in [0.2, 0.25) is 11.8 Å². The Morgan fingerprint density at radius 3 is 2.23 bits per heavy atom. The van der Waals surface area contributed by atoms with Gasteiger partial charge in [-0.15, -0.1) is 0 Å². The van der Waals surface area contributed by atoms with Crippen LogP contribution in [-0.4, -0.2) is 24.7 Å². The third-order valence-electron chi connectivity index (χ3n) is 6.02. The fourth-order valence-corrected chi connectivity index (χ4v) is 4.95. The lowest BCUT2D eigenvalue weighted by Crippen LogP contribution is -2.44. The molecule has 2 aromatic carbocycles. The minimum Gasteiger partial charge on any atom is -0.497 e. The van der Waals surface area contributed by atoms with Crippen LogP contribution in [0.4, 0.5) is 5.69 Å². The lowest BCUT2D eigenvalue weighted by atomic mass is 9.56. The van der Waals surface area contributed by atoms with Gasteiger partial charge in [0.15, 0.2) is 0 Å². The number of rotatable bonds is 2. The molecule has 5 nitrogen and oxygen atoms in total. The molecule has 2 bridgehead atoms. The number of fused-ring (bicyclic) bond motifs is 1. The molecule has 1 saturated heterocycles. The zero-order chi connectivity index (χ0) is 18.0. The maximum absolute atomic E-state index is 13.2. The Labute approximate surface area is 150 Å². The van der Waals surface area contributed by atoms with E-state index in [1.54, 1.807) is 31.4 Å². The first-order chi connectivity index (χ1) is 12.6. The number of ketones is 1. The molecule has 0 N–H and O–H groups in total. The molecule has 2 fully saturated rings. The molecule has 26 heavy (non-hydrogen) atoms. The lowest BCUT2D eigenvalue weighted by Gasteiger charge is -2.43. The van der Waals surface area contributed by atoms with E-state index in [9.17, 15) is 14.4 Å². The highest BCUT2D eigenvalue weighted by atomic mass is 16.5. The Morgan fingerprint density at radius 1 is 0.885 bits per heavy atom. The highest BCUT2D eigenvalue weighted by molar-refractivity contribution is 6.24. The molecule has 4 aliphatic rings. The molecule has 1 aliphatic heterocycles. The lowest BCUT2D eigenvalue weighted by molar-refractivity contribution is -0.134. The number of anilines is 1. The molecule has 0 aromatic heterocycles. The van der Waals surface area contributed by atoms with Crippen molar-refractivity contribution >= 4 is 23.3 Å². The van der Waals surface area contributed by atoms with Crippen LogP contribution in [0.3, 0.4) is 0 Å². The Kier molecular flexibility index (Phi) is 3.11. The van der Waals surface area contributed by atoms with E-state index < -0.39 is 17.8 Å². The van der Waals surface area contributed by atoms with Gasteiger partial charge in [0, 0.05) is 12.3 Å². The first-order valence-corrected chi connectivity index (χ1v) is 8.75. The molecule has 2 amide bonds. The molecule has 1 saturated carbocycles. The van der Waals surface area contributed by atoms with E-state index in [1.165, 1.54) is 4.90 Å². The summed E-state index contributed by atoms with van der Waals surface area (Å²) >= 11 is 0. The largest absolute Gasteiger partial charge is 0.497 e. The van der Waals surface area contributed by atoms with Crippen LogP contribution in [-0.2, 0) is 14.4 Å². The summed E-state index contributed by atoms with van der Waals surface area (Å²) in [5, 5.41) is 0. The van der Waals surface area contributed by atoms with Crippen molar-refractivity contribution in [2.45, 2.75) is 18.3 Å². The van der Waals surface area contributed by atoms with E-state index in [-0.39, 0.29) is 23.5 Å². The number of nitrogens with zero attached hydrogens (tertiary/aromatic N) is 1. The minimum atomic E-state index is -0.578. The van der Waals surface area contributed by atoms with Gasteiger partial charge in [-0.1, -0.05) is 24.3 Å². The van der Waals surface area contributed by atoms with E-state index >= 15 is 0 Å². The van der Waals surface area contributed by atoms with Gasteiger partial charge in [-0.3, -0.25) is 19.3 Å². The predicted octanol–water partition coefficient (Wildman–Crippen LogP) is 2.65. The van der Waals surface area contributed by atoms with Crippen LogP contribution in [0.1, 0.15) is 29.4 Å². The van der Waals surface area contributed by atoms with Crippen LogP contribution in [0, 0.1) is 11.8 Å². The van der Waals surface area contributed by atoms with E-state index in [2.05, 4.69) is 0 Å². The fraction of sp³-hybridized carbons (Fsp3) is 0.286. The van der Waals surface area contributed by atoms with Crippen molar-refractivity contribution in [3.63, 3.8) is 0 Å². The van der Waals surface area contributed by atoms with Gasteiger partial charge < -0.3 is 4.74 Å². The minimum absolute atomic E-state index is 0.0766. The maximum Gasteiger partial charge on any atom is 0.238 e. The van der Waals surface area contributed by atoms with Gasteiger partial charge in [0.25, 0.3) is 0 Å². The maximum atomic E-state index is 13.2. The number of benzene rings is 2. The predicted molar refractivity (Wildman–Crippen MR) is 94.0 cm³/mol. The molecule has 6 rings (SSSR count). The van der Waals surface area contributed by atoms with Crippen molar-refractivity contribution in [2.24, 2.45) is 11.8 Å². The van der Waals surface area contributed by atoms with Crippen molar-refractivity contribution < 1.29 is 19.1 Å². The number of amides is 2. The molecular weight excluding hydrogens is 330 g/mol. The number of hydrogen-bond acceptors (Lipinski definition) is 4. The van der Waals surface area contributed by atoms with Gasteiger partial charge >= 0.3 is 0 Å². The molecule has 4 atom stereocenters. The summed E-state index contributed by atoms with van der Waals surface area (Å²) in [5.74, 6) is -1.44. The first kappa shape index (κ1) is 15.3. The van der Waals surface area contributed by atoms with E-state index in [4.69, 9.17) is 4.74 Å². The summed E-state index contributed by atoms with van der Waals surface area (Å²) in [4.78, 5) is 40.3. The smallest absolute Gasteiger partial charge is 0.238 e. The van der Waals surface area contributed by atoms with E-state index in [0.29, 0.717) is 17.9 Å². The van der Waals surface area contributed by atoms with Gasteiger partial charge in [-0.2, -0.15) is 0 Å². The van der Waals surface area contributed by atoms with E-state index in [0.717, 1.165) is 11.1 Å². The average Bonchev–Trinajstić information content (AvgIpc) is 2.94. The number of carbonyl (C=O) groups is 3. The second-order valence-corrected chi connectivity index (χ2v) is 7.14. The van der Waals surface area contributed by atoms with Gasteiger partial charge in [-0.25, -0.2) is 0 Å². The molecule has 1 heterocycles. The third-order valence-corrected chi connectivity index (χ3v) is 6.02. The van der Waals surface area contributed by atoms with Crippen LogP contribution in [0.15, 0.2) is 48.5 Å². The van der Waals surface area contributed by atoms with Crippen molar-refractivity contribution in [3.8, 4) is 5.75 Å². The summed E-state index contributed by atoms with van der Waals surface area (Å²) in [6.45, 7) is 0. The summed E-state index contributed by atoms with van der Waals surface area (Å²) < 4.78 is 5.15. The van der Waals surface area contributed by atoms with Gasteiger partial charge in [0.05, 0.1) is 30.6 Å². The molecule has 0 spiro atoms. The number of Topliss-reactive ketones (excluding diaryl/α,β-unsaturated/α-hetero) is 1. The first-order valence-electron chi connectivity index (χ1n) is 8.75. The van der Waals surface area contributed by atoms with Gasteiger partial charge in [0.1, 0.15) is 11.5 Å². The van der Waals surface area contributed by atoms with Gasteiger partial charge in [-0.05, 0) is 35.4 Å². The van der Waals surface area contributed by atoms with Crippen molar-refractivity contribution in [1.29, 1.82) is 0 Å². The highest BCUT2D eigenvalue weighted by Gasteiger charge is 2.62. The Hall–Kier alpha value is -2.95. The zero-order valence-corrected chi connectivity index (χ0v) is 14.2. The molecule has 5 heteroatoms. The van der Waals surface area contributed by atoms with Crippen LogP contribution in [0.25, 0.3) is 0 Å². The molecule has 0 radical (unpaired) electrons. The number of ether oxygens (including phenoxy) is 1. The average molecular weight is 347 g/mol. The van der Waals surface area contributed by atoms with Crippen molar-refractivity contribution in [3.05, 3.63) is 59.7 Å². The van der Waals surface area contributed by atoms with Crippen LogP contribution in [0.2, 0.25) is 0 Å². The Morgan fingerprint density at radius 2 is 1.54 bits per heavy atom. The number of carbonyl (C=O) groups excluding carboxylic acids is 3. The Balaban J connectivity index is 1.61. The molecule has 2 aromatic rings. The molecule has 0 unspecified atom stereocenters. The summed E-state index contributed by atoms with van der Waals surface area (Å²) in [7, 11) is 1.57. The highest BCUT2D eigenvalue weighted by Crippen LogP contribution is 2.57. The standard InChI is InChI=1S/C21H17NO4/c1-26-12-8-6-11(7-9-12)22-20(24)18-15-10-16(23)17(19(18)21(22)25)14-5-3-2-4-13(14)15/h2-9,15,17-19H,10H2,1H3/t15-,17+,18-,19+/m1/s1. The molecule has 3 aliphatic carbocycles.